The highest BCUT2D eigenvalue weighted by molar-refractivity contribution is 6.35. The molecule has 2 aromatic heterocycles. The van der Waals surface area contributed by atoms with E-state index in [0.29, 0.717) is 6.54 Å². The van der Waals surface area contributed by atoms with Crippen molar-refractivity contribution < 1.29 is 9.90 Å². The molecule has 0 aliphatic heterocycles. The van der Waals surface area contributed by atoms with Crippen LogP contribution in [0.25, 0.3) is 5.65 Å². The summed E-state index contributed by atoms with van der Waals surface area (Å²) in [4.78, 5) is 25.0. The normalized spacial score (nSPS) is 15.0. The fourth-order valence-electron chi connectivity index (χ4n) is 2.53. The van der Waals surface area contributed by atoms with Gasteiger partial charge in [0.05, 0.1) is 0 Å². The molecule has 0 spiro atoms. The predicted octanol–water partition coefficient (Wildman–Crippen LogP) is 1.38. The van der Waals surface area contributed by atoms with Gasteiger partial charge in [-0.3, -0.25) is 14.2 Å². The van der Waals surface area contributed by atoms with Crippen molar-refractivity contribution in [3.05, 3.63) is 20.9 Å². The molecule has 4 N–H and O–H groups in total. The van der Waals surface area contributed by atoms with E-state index in [1.165, 1.54) is 4.57 Å². The number of nitrogens with one attached hydrogen (secondary N) is 1. The zero-order valence-electron chi connectivity index (χ0n) is 13.8. The van der Waals surface area contributed by atoms with Gasteiger partial charge in [-0.25, -0.2) is 0 Å². The number of amides is 1. The lowest BCUT2D eigenvalue weighted by atomic mass is 9.96. The Morgan fingerprint density at radius 2 is 2.08 bits per heavy atom. The number of nitrogens with zero attached hydrogens (tertiary/aromatic N) is 3. The first kappa shape index (κ1) is 16.6. The Morgan fingerprint density at radius 1 is 1.46 bits per heavy atom. The number of hydrogen-bond acceptors (Lipinski definition) is 5. The fraction of sp³-hybridized carbons (Fsp3) is 0.533. The molecule has 1 aliphatic carbocycles. The number of nitrogen functional groups attached to an aromatic ring is 1. The lowest BCUT2D eigenvalue weighted by Crippen LogP contribution is -2.35. The van der Waals surface area contributed by atoms with Gasteiger partial charge in [0.2, 0.25) is 5.88 Å². The van der Waals surface area contributed by atoms with Gasteiger partial charge in [0.15, 0.2) is 17.0 Å². The standard InChI is InChI=1S/C15H20ClN5O3/c1-15(2,3)6-20-12-9(16)10(17)19-21(12)14(24)8(13(20)23)11(22)18-7-4-5-7/h7,23H,4-6H2,1-3H3,(H2,17,19)(H,18,22). The van der Waals surface area contributed by atoms with Gasteiger partial charge in [0, 0.05) is 12.6 Å². The SMILES string of the molecule is CC(C)(C)Cn1c(O)c(C(=O)NC2CC2)c(=O)n2nc(N)c(Cl)c12. The molecule has 2 aromatic rings. The van der Waals surface area contributed by atoms with Crippen molar-refractivity contribution >= 4 is 29.0 Å². The highest BCUT2D eigenvalue weighted by atomic mass is 35.5. The summed E-state index contributed by atoms with van der Waals surface area (Å²) in [6.45, 7) is 6.19. The number of anilines is 1. The van der Waals surface area contributed by atoms with Crippen molar-refractivity contribution in [2.24, 2.45) is 5.41 Å². The fourth-order valence-corrected chi connectivity index (χ4v) is 2.75. The van der Waals surface area contributed by atoms with Crippen LogP contribution in [0.5, 0.6) is 5.88 Å². The van der Waals surface area contributed by atoms with Crippen molar-refractivity contribution in [1.82, 2.24) is 19.5 Å². The molecule has 0 radical (unpaired) electrons. The molecule has 1 saturated carbocycles. The monoisotopic (exact) mass is 353 g/mol. The van der Waals surface area contributed by atoms with Crippen LogP contribution in [0.2, 0.25) is 5.02 Å². The van der Waals surface area contributed by atoms with E-state index < -0.39 is 17.3 Å². The molecular weight excluding hydrogens is 334 g/mol. The second-order valence-electron chi connectivity index (χ2n) is 7.33. The summed E-state index contributed by atoms with van der Waals surface area (Å²) >= 11 is 6.17. The zero-order valence-corrected chi connectivity index (χ0v) is 14.5. The summed E-state index contributed by atoms with van der Waals surface area (Å²) in [5.41, 5.74) is 4.55. The van der Waals surface area contributed by atoms with Gasteiger partial charge in [-0.1, -0.05) is 32.4 Å². The average Bonchev–Trinajstić information content (AvgIpc) is 3.20. The van der Waals surface area contributed by atoms with Gasteiger partial charge >= 0.3 is 0 Å². The molecular formula is C15H20ClN5O3. The number of fused-ring (bicyclic) bond motifs is 1. The molecule has 0 unspecified atom stereocenters. The van der Waals surface area contributed by atoms with Gasteiger partial charge in [0.1, 0.15) is 5.02 Å². The highest BCUT2D eigenvalue weighted by Crippen LogP contribution is 2.30. The Hall–Kier alpha value is -2.22. The first-order valence-electron chi connectivity index (χ1n) is 7.70. The van der Waals surface area contributed by atoms with Gasteiger partial charge in [-0.05, 0) is 18.3 Å². The third-order valence-corrected chi connectivity index (χ3v) is 4.11. The summed E-state index contributed by atoms with van der Waals surface area (Å²) in [5.74, 6) is -1.08. The van der Waals surface area contributed by atoms with Crippen LogP contribution in [0.4, 0.5) is 5.82 Å². The second-order valence-corrected chi connectivity index (χ2v) is 7.71. The maximum Gasteiger partial charge on any atom is 0.291 e. The first-order valence-corrected chi connectivity index (χ1v) is 8.08. The number of aromatic hydroxyl groups is 1. The largest absolute Gasteiger partial charge is 0.494 e. The molecule has 0 atom stereocenters. The quantitative estimate of drug-likeness (QED) is 0.771. The van der Waals surface area contributed by atoms with Gasteiger partial charge in [0.25, 0.3) is 11.5 Å². The van der Waals surface area contributed by atoms with E-state index in [1.807, 2.05) is 20.8 Å². The highest BCUT2D eigenvalue weighted by Gasteiger charge is 2.31. The first-order chi connectivity index (χ1) is 11.1. The van der Waals surface area contributed by atoms with Gasteiger partial charge in [-0.2, -0.15) is 4.52 Å². The Labute approximate surface area is 143 Å². The third-order valence-electron chi connectivity index (χ3n) is 3.74. The lowest BCUT2D eigenvalue weighted by molar-refractivity contribution is 0.0944. The smallest absolute Gasteiger partial charge is 0.291 e. The van der Waals surface area contributed by atoms with E-state index in [2.05, 4.69) is 10.4 Å². The van der Waals surface area contributed by atoms with Crippen LogP contribution in [0, 0.1) is 5.41 Å². The minimum Gasteiger partial charge on any atom is -0.494 e. The summed E-state index contributed by atoms with van der Waals surface area (Å²) < 4.78 is 2.39. The zero-order chi connectivity index (χ0) is 17.8. The van der Waals surface area contributed by atoms with Crippen molar-refractivity contribution in [1.29, 1.82) is 0 Å². The second kappa shape index (κ2) is 5.41. The van der Waals surface area contributed by atoms with Crippen LogP contribution in [0.15, 0.2) is 4.79 Å². The molecule has 24 heavy (non-hydrogen) atoms. The maximum atomic E-state index is 12.6. The third kappa shape index (κ3) is 2.82. The van der Waals surface area contributed by atoms with E-state index >= 15 is 0 Å². The number of rotatable bonds is 3. The van der Waals surface area contributed by atoms with Crippen molar-refractivity contribution in [2.45, 2.75) is 46.2 Å². The van der Waals surface area contributed by atoms with Crippen LogP contribution in [-0.4, -0.2) is 31.2 Å². The number of carbonyl (C=O) groups is 1. The summed E-state index contributed by atoms with van der Waals surface area (Å²) in [6, 6.07) is 0.0503. The Kier molecular flexibility index (Phi) is 3.75. The van der Waals surface area contributed by atoms with Crippen LogP contribution in [0.3, 0.4) is 0 Å². The number of aromatic nitrogens is 3. The number of carbonyl (C=O) groups excluding carboxylic acids is 1. The Morgan fingerprint density at radius 3 is 2.62 bits per heavy atom. The molecule has 0 bridgehead atoms. The van der Waals surface area contributed by atoms with E-state index in [-0.39, 0.29) is 33.5 Å². The summed E-state index contributed by atoms with van der Waals surface area (Å²) in [7, 11) is 0. The van der Waals surface area contributed by atoms with Crippen molar-refractivity contribution in [3.63, 3.8) is 0 Å². The Balaban J connectivity index is 2.28. The molecule has 8 nitrogen and oxygen atoms in total. The van der Waals surface area contributed by atoms with Crippen LogP contribution in [0.1, 0.15) is 44.0 Å². The molecule has 1 fully saturated rings. The minimum atomic E-state index is -0.746. The van der Waals surface area contributed by atoms with E-state index in [9.17, 15) is 14.7 Å². The number of halogens is 1. The molecule has 2 heterocycles. The lowest BCUT2D eigenvalue weighted by Gasteiger charge is -2.23. The number of hydrogen-bond donors (Lipinski definition) is 3. The van der Waals surface area contributed by atoms with Crippen molar-refractivity contribution in [2.75, 3.05) is 5.73 Å². The predicted molar refractivity (Wildman–Crippen MR) is 90.5 cm³/mol. The summed E-state index contributed by atoms with van der Waals surface area (Å²) in [6.07, 6.45) is 1.73. The van der Waals surface area contributed by atoms with E-state index in [1.54, 1.807) is 0 Å². The molecule has 0 aromatic carbocycles. The molecule has 1 aliphatic rings. The Bertz CT molecular complexity index is 889. The van der Waals surface area contributed by atoms with Crippen LogP contribution >= 0.6 is 11.6 Å². The molecule has 9 heteroatoms. The summed E-state index contributed by atoms with van der Waals surface area (Å²) in [5, 5.41) is 17.3. The van der Waals surface area contributed by atoms with Gasteiger partial charge in [-0.15, -0.1) is 5.10 Å². The van der Waals surface area contributed by atoms with Crippen LogP contribution in [-0.2, 0) is 6.54 Å². The van der Waals surface area contributed by atoms with Crippen molar-refractivity contribution in [3.8, 4) is 5.88 Å². The topological polar surface area (TPSA) is 115 Å². The van der Waals surface area contributed by atoms with Crippen LogP contribution < -0.4 is 16.6 Å². The van der Waals surface area contributed by atoms with E-state index in [4.69, 9.17) is 17.3 Å². The molecule has 1 amide bonds. The number of nitrogens with two attached hydrogens (primary N) is 1. The average molecular weight is 354 g/mol. The molecule has 0 saturated heterocycles. The molecule has 130 valence electrons. The van der Waals surface area contributed by atoms with Gasteiger partial charge < -0.3 is 16.2 Å². The minimum absolute atomic E-state index is 0.0319. The maximum absolute atomic E-state index is 12.6. The molecule has 3 rings (SSSR count). The van der Waals surface area contributed by atoms with E-state index in [0.717, 1.165) is 17.4 Å².